The molecule has 0 radical (unpaired) electrons. The molecule has 1 heterocycles. The lowest BCUT2D eigenvalue weighted by Gasteiger charge is -2.14. The van der Waals surface area contributed by atoms with Gasteiger partial charge in [0.05, 0.1) is 11.4 Å². The summed E-state index contributed by atoms with van der Waals surface area (Å²) in [6, 6.07) is 3.85. The Balaban J connectivity index is 2.12. The highest BCUT2D eigenvalue weighted by Gasteiger charge is 2.17. The van der Waals surface area contributed by atoms with Crippen molar-refractivity contribution in [1.29, 1.82) is 0 Å². The van der Waals surface area contributed by atoms with Crippen molar-refractivity contribution in [2.75, 3.05) is 5.73 Å². The molecule has 0 spiro atoms. The summed E-state index contributed by atoms with van der Waals surface area (Å²) in [4.78, 5) is 4.62. The van der Waals surface area contributed by atoms with Crippen LogP contribution < -0.4 is 10.5 Å². The third-order valence-electron chi connectivity index (χ3n) is 2.93. The van der Waals surface area contributed by atoms with Crippen molar-refractivity contribution in [3.8, 4) is 5.75 Å². The first-order valence-electron chi connectivity index (χ1n) is 6.40. The monoisotopic (exact) mass is 354 g/mol. The number of hydrogen-bond acceptors (Lipinski definition) is 4. The van der Waals surface area contributed by atoms with Crippen LogP contribution in [0.15, 0.2) is 22.0 Å². The zero-order valence-electron chi connectivity index (χ0n) is 12.2. The Morgan fingerprint density at radius 2 is 2.05 bits per heavy atom. The van der Waals surface area contributed by atoms with Crippen LogP contribution >= 0.6 is 27.3 Å². The molecule has 0 aliphatic heterocycles. The minimum atomic E-state index is 0.0707. The van der Waals surface area contributed by atoms with Crippen LogP contribution in [0.1, 0.15) is 37.0 Å². The molecule has 0 aliphatic carbocycles. The molecular weight excluding hydrogens is 336 g/mol. The number of rotatable bonds is 3. The third kappa shape index (κ3) is 3.52. The summed E-state index contributed by atoms with van der Waals surface area (Å²) in [5.74, 6) is 0.737. The van der Waals surface area contributed by atoms with Gasteiger partial charge < -0.3 is 10.5 Å². The lowest BCUT2D eigenvalue weighted by molar-refractivity contribution is 0.304. The number of ether oxygens (including phenoxy) is 1. The van der Waals surface area contributed by atoms with Gasteiger partial charge in [-0.25, -0.2) is 4.98 Å². The topological polar surface area (TPSA) is 48.1 Å². The molecule has 20 heavy (non-hydrogen) atoms. The zero-order chi connectivity index (χ0) is 14.9. The van der Waals surface area contributed by atoms with E-state index in [1.54, 1.807) is 11.3 Å². The second-order valence-corrected chi connectivity index (χ2v) is 7.66. The highest BCUT2D eigenvalue weighted by Crippen LogP contribution is 2.31. The fourth-order valence-electron chi connectivity index (χ4n) is 1.81. The molecule has 1 aromatic heterocycles. The zero-order valence-corrected chi connectivity index (χ0v) is 14.6. The molecule has 2 rings (SSSR count). The molecule has 0 amide bonds. The molecule has 5 heteroatoms. The van der Waals surface area contributed by atoms with E-state index in [0.717, 1.165) is 26.5 Å². The normalized spacial score (nSPS) is 11.7. The van der Waals surface area contributed by atoms with E-state index in [4.69, 9.17) is 10.5 Å². The summed E-state index contributed by atoms with van der Waals surface area (Å²) in [6.45, 7) is 8.91. The lowest BCUT2D eigenvalue weighted by Crippen LogP contribution is -2.11. The van der Waals surface area contributed by atoms with Gasteiger partial charge in [0, 0.05) is 15.3 Å². The quantitative estimate of drug-likeness (QED) is 0.814. The van der Waals surface area contributed by atoms with Crippen LogP contribution in [0.4, 0.5) is 5.69 Å². The molecule has 108 valence electrons. The summed E-state index contributed by atoms with van der Waals surface area (Å²) in [6.07, 6.45) is 0. The largest absolute Gasteiger partial charge is 0.484 e. The van der Waals surface area contributed by atoms with Gasteiger partial charge in [-0.3, -0.25) is 0 Å². The molecule has 0 unspecified atom stereocenters. The van der Waals surface area contributed by atoms with E-state index >= 15 is 0 Å². The Morgan fingerprint density at radius 3 is 2.60 bits per heavy atom. The van der Waals surface area contributed by atoms with E-state index in [-0.39, 0.29) is 5.41 Å². The highest BCUT2D eigenvalue weighted by atomic mass is 79.9. The molecule has 0 aliphatic rings. The number of halogens is 1. The lowest BCUT2D eigenvalue weighted by atomic mass is 9.93. The molecule has 0 bridgehead atoms. The van der Waals surface area contributed by atoms with Crippen molar-refractivity contribution >= 4 is 33.0 Å². The summed E-state index contributed by atoms with van der Waals surface area (Å²) in [5.41, 5.74) is 8.82. The van der Waals surface area contributed by atoms with Crippen molar-refractivity contribution in [2.45, 2.75) is 39.7 Å². The highest BCUT2D eigenvalue weighted by molar-refractivity contribution is 9.10. The molecule has 2 N–H and O–H groups in total. The number of nitrogens with two attached hydrogens (primary N) is 1. The van der Waals surface area contributed by atoms with Gasteiger partial charge in [0.1, 0.15) is 17.4 Å². The molecule has 1 aromatic carbocycles. The Hall–Kier alpha value is -1.07. The van der Waals surface area contributed by atoms with Gasteiger partial charge in [0.2, 0.25) is 0 Å². The van der Waals surface area contributed by atoms with Crippen LogP contribution in [-0.4, -0.2) is 4.98 Å². The fourth-order valence-corrected chi connectivity index (χ4v) is 3.33. The maximum absolute atomic E-state index is 5.99. The number of nitrogen functional groups attached to an aromatic ring is 1. The van der Waals surface area contributed by atoms with E-state index in [2.05, 4.69) is 47.1 Å². The van der Waals surface area contributed by atoms with Gasteiger partial charge in [-0.15, -0.1) is 11.3 Å². The molecular formula is C15H19BrN2OS. The van der Waals surface area contributed by atoms with Crippen LogP contribution in [0.2, 0.25) is 0 Å². The SMILES string of the molecule is Cc1cc(Br)cc(N)c1OCc1nc(C(C)(C)C)cs1. The van der Waals surface area contributed by atoms with Crippen molar-refractivity contribution in [3.63, 3.8) is 0 Å². The van der Waals surface area contributed by atoms with Gasteiger partial charge >= 0.3 is 0 Å². The van der Waals surface area contributed by atoms with Gasteiger partial charge in [-0.1, -0.05) is 36.7 Å². The number of anilines is 1. The number of nitrogens with zero attached hydrogens (tertiary/aromatic N) is 1. The number of thiazole rings is 1. The molecule has 3 nitrogen and oxygen atoms in total. The van der Waals surface area contributed by atoms with Crippen molar-refractivity contribution in [3.05, 3.63) is 38.3 Å². The van der Waals surface area contributed by atoms with Gasteiger partial charge in [0.15, 0.2) is 0 Å². The number of hydrogen-bond donors (Lipinski definition) is 1. The molecule has 0 atom stereocenters. The summed E-state index contributed by atoms with van der Waals surface area (Å²) >= 11 is 5.05. The van der Waals surface area contributed by atoms with Crippen molar-refractivity contribution in [2.24, 2.45) is 0 Å². The Morgan fingerprint density at radius 1 is 1.35 bits per heavy atom. The van der Waals surface area contributed by atoms with E-state index in [9.17, 15) is 0 Å². The van der Waals surface area contributed by atoms with Crippen LogP contribution in [0.3, 0.4) is 0 Å². The van der Waals surface area contributed by atoms with E-state index in [1.165, 1.54) is 0 Å². The average Bonchev–Trinajstić information content (AvgIpc) is 2.75. The molecule has 0 saturated carbocycles. The van der Waals surface area contributed by atoms with Crippen LogP contribution in [-0.2, 0) is 12.0 Å². The predicted octanol–water partition coefficient (Wildman–Crippen LogP) is 4.67. The first-order valence-corrected chi connectivity index (χ1v) is 8.08. The minimum Gasteiger partial charge on any atom is -0.484 e. The minimum absolute atomic E-state index is 0.0707. The van der Waals surface area contributed by atoms with Gasteiger partial charge in [0.25, 0.3) is 0 Å². The Labute approximate surface area is 132 Å². The standard InChI is InChI=1S/C15H19BrN2OS/c1-9-5-10(16)6-11(17)14(9)19-7-13-18-12(8-20-13)15(2,3)4/h5-6,8H,7,17H2,1-4H3. The maximum atomic E-state index is 5.99. The van der Waals surface area contributed by atoms with Crippen LogP contribution in [0, 0.1) is 6.92 Å². The smallest absolute Gasteiger partial charge is 0.145 e. The first kappa shape index (κ1) is 15.3. The van der Waals surface area contributed by atoms with Crippen molar-refractivity contribution < 1.29 is 4.74 Å². The van der Waals surface area contributed by atoms with Crippen LogP contribution in [0.5, 0.6) is 5.75 Å². The first-order chi connectivity index (χ1) is 9.27. The number of benzene rings is 1. The summed E-state index contributed by atoms with van der Waals surface area (Å²) < 4.78 is 6.80. The van der Waals surface area contributed by atoms with Crippen LogP contribution in [0.25, 0.3) is 0 Å². The van der Waals surface area contributed by atoms with E-state index in [1.807, 2.05) is 19.1 Å². The molecule has 0 saturated heterocycles. The Bertz CT molecular complexity index is 594. The second-order valence-electron chi connectivity index (χ2n) is 5.81. The maximum Gasteiger partial charge on any atom is 0.145 e. The molecule has 2 aromatic rings. The summed E-state index contributed by atoms with van der Waals surface area (Å²) in [5, 5.41) is 3.06. The predicted molar refractivity (Wildman–Crippen MR) is 88.4 cm³/mol. The average molecular weight is 355 g/mol. The number of aryl methyl sites for hydroxylation is 1. The summed E-state index contributed by atoms with van der Waals surface area (Å²) in [7, 11) is 0. The van der Waals surface area contributed by atoms with E-state index in [0.29, 0.717) is 12.3 Å². The third-order valence-corrected chi connectivity index (χ3v) is 4.21. The number of aromatic nitrogens is 1. The second kappa shape index (κ2) is 5.74. The van der Waals surface area contributed by atoms with Gasteiger partial charge in [-0.05, 0) is 24.6 Å². The van der Waals surface area contributed by atoms with Gasteiger partial charge in [-0.2, -0.15) is 0 Å². The van der Waals surface area contributed by atoms with Crippen molar-refractivity contribution in [1.82, 2.24) is 4.98 Å². The fraction of sp³-hybridized carbons (Fsp3) is 0.400. The van der Waals surface area contributed by atoms with E-state index < -0.39 is 0 Å². The molecule has 0 fully saturated rings. The Kier molecular flexibility index (Phi) is 4.39.